The SMILES string of the molecule is CCCCOc1ncccc1CNC(=O)NCc1cccc(CN2CCCC2=O)c1. The molecule has 0 spiro atoms. The number of ether oxygens (including phenoxy) is 1. The molecule has 1 fully saturated rings. The fraction of sp³-hybridized carbons (Fsp3) is 0.435. The van der Waals surface area contributed by atoms with Crippen LogP contribution in [0.4, 0.5) is 4.79 Å². The van der Waals surface area contributed by atoms with Crippen molar-refractivity contribution in [2.75, 3.05) is 13.2 Å². The summed E-state index contributed by atoms with van der Waals surface area (Å²) in [5.41, 5.74) is 2.93. The third-order valence-corrected chi connectivity index (χ3v) is 5.02. The minimum atomic E-state index is -0.251. The molecule has 0 bridgehead atoms. The molecule has 7 heteroatoms. The zero-order chi connectivity index (χ0) is 21.2. The molecule has 1 saturated heterocycles. The van der Waals surface area contributed by atoms with Crippen molar-refractivity contribution in [3.05, 3.63) is 59.3 Å². The van der Waals surface area contributed by atoms with Gasteiger partial charge in [-0.3, -0.25) is 4.79 Å². The van der Waals surface area contributed by atoms with E-state index in [9.17, 15) is 9.59 Å². The molecular weight excluding hydrogens is 380 g/mol. The smallest absolute Gasteiger partial charge is 0.315 e. The lowest BCUT2D eigenvalue weighted by Crippen LogP contribution is -2.34. The van der Waals surface area contributed by atoms with Crippen LogP contribution in [0.15, 0.2) is 42.6 Å². The predicted molar refractivity (Wildman–Crippen MR) is 115 cm³/mol. The third kappa shape index (κ3) is 6.47. The van der Waals surface area contributed by atoms with E-state index in [1.807, 2.05) is 41.3 Å². The Labute approximate surface area is 177 Å². The van der Waals surface area contributed by atoms with Gasteiger partial charge in [-0.1, -0.05) is 43.7 Å². The van der Waals surface area contributed by atoms with Crippen molar-refractivity contribution in [3.8, 4) is 5.88 Å². The highest BCUT2D eigenvalue weighted by Gasteiger charge is 2.19. The summed E-state index contributed by atoms with van der Waals surface area (Å²) in [6.45, 7) is 4.93. The number of unbranched alkanes of at least 4 members (excludes halogenated alkanes) is 1. The quantitative estimate of drug-likeness (QED) is 0.588. The molecule has 0 unspecified atom stereocenters. The van der Waals surface area contributed by atoms with E-state index < -0.39 is 0 Å². The molecule has 0 aliphatic carbocycles. The molecule has 1 aliphatic rings. The highest BCUT2D eigenvalue weighted by Crippen LogP contribution is 2.16. The number of carbonyl (C=O) groups excluding carboxylic acids is 2. The van der Waals surface area contributed by atoms with E-state index >= 15 is 0 Å². The van der Waals surface area contributed by atoms with Crippen molar-refractivity contribution in [2.45, 2.75) is 52.2 Å². The first-order valence-corrected chi connectivity index (χ1v) is 10.6. The Morgan fingerprint density at radius 2 is 2.00 bits per heavy atom. The molecule has 1 aromatic carbocycles. The normalized spacial score (nSPS) is 13.4. The van der Waals surface area contributed by atoms with Gasteiger partial charge >= 0.3 is 6.03 Å². The Balaban J connectivity index is 1.46. The first-order chi connectivity index (χ1) is 14.7. The largest absolute Gasteiger partial charge is 0.477 e. The van der Waals surface area contributed by atoms with Crippen LogP contribution in [0.3, 0.4) is 0 Å². The van der Waals surface area contributed by atoms with Crippen molar-refractivity contribution in [2.24, 2.45) is 0 Å². The lowest BCUT2D eigenvalue weighted by Gasteiger charge is -2.16. The molecule has 2 aromatic rings. The summed E-state index contributed by atoms with van der Waals surface area (Å²) in [6.07, 6.45) is 5.28. The molecule has 0 atom stereocenters. The molecular formula is C23H30N4O3. The van der Waals surface area contributed by atoms with E-state index in [1.165, 1.54) is 0 Å². The maximum Gasteiger partial charge on any atom is 0.315 e. The number of urea groups is 1. The van der Waals surface area contributed by atoms with Crippen LogP contribution in [0.1, 0.15) is 49.3 Å². The Morgan fingerprint density at radius 1 is 1.17 bits per heavy atom. The van der Waals surface area contributed by atoms with Crippen molar-refractivity contribution >= 4 is 11.9 Å². The fourth-order valence-electron chi connectivity index (χ4n) is 3.35. The first kappa shape index (κ1) is 21.6. The number of carbonyl (C=O) groups is 2. The molecule has 1 aromatic heterocycles. The number of benzene rings is 1. The summed E-state index contributed by atoms with van der Waals surface area (Å²) < 4.78 is 5.70. The van der Waals surface area contributed by atoms with Gasteiger partial charge in [0.25, 0.3) is 0 Å². The predicted octanol–water partition coefficient (Wildman–Crippen LogP) is 3.38. The number of hydrogen-bond donors (Lipinski definition) is 2. The van der Waals surface area contributed by atoms with Gasteiger partial charge in [0, 0.05) is 44.4 Å². The fourth-order valence-corrected chi connectivity index (χ4v) is 3.35. The molecule has 0 radical (unpaired) electrons. The molecule has 30 heavy (non-hydrogen) atoms. The van der Waals surface area contributed by atoms with Crippen molar-refractivity contribution in [1.82, 2.24) is 20.5 Å². The summed E-state index contributed by atoms with van der Waals surface area (Å²) >= 11 is 0. The van der Waals surface area contributed by atoms with Crippen molar-refractivity contribution in [1.29, 1.82) is 0 Å². The van der Waals surface area contributed by atoms with Gasteiger partial charge < -0.3 is 20.3 Å². The summed E-state index contributed by atoms with van der Waals surface area (Å²) in [4.78, 5) is 30.2. The number of nitrogens with one attached hydrogen (secondary N) is 2. The molecule has 160 valence electrons. The topological polar surface area (TPSA) is 83.6 Å². The van der Waals surface area contributed by atoms with E-state index in [0.29, 0.717) is 38.5 Å². The van der Waals surface area contributed by atoms with Gasteiger partial charge in [0.15, 0.2) is 0 Å². The number of likely N-dealkylation sites (tertiary alicyclic amines) is 1. The first-order valence-electron chi connectivity index (χ1n) is 10.6. The van der Waals surface area contributed by atoms with Crippen molar-refractivity contribution < 1.29 is 14.3 Å². The van der Waals surface area contributed by atoms with Crippen LogP contribution in [0.5, 0.6) is 5.88 Å². The van der Waals surface area contributed by atoms with E-state index in [0.717, 1.165) is 42.5 Å². The second kappa shape index (κ2) is 11.2. The maximum absolute atomic E-state index is 12.2. The van der Waals surface area contributed by atoms with Gasteiger partial charge in [-0.05, 0) is 30.0 Å². The molecule has 3 rings (SSSR count). The molecule has 3 amide bonds. The summed E-state index contributed by atoms with van der Waals surface area (Å²) in [5.74, 6) is 0.779. The summed E-state index contributed by atoms with van der Waals surface area (Å²) in [5, 5.41) is 5.74. The van der Waals surface area contributed by atoms with Gasteiger partial charge in [-0.15, -0.1) is 0 Å². The number of pyridine rings is 1. The second-order valence-electron chi connectivity index (χ2n) is 7.44. The van der Waals surface area contributed by atoms with E-state index in [2.05, 4.69) is 22.5 Å². The van der Waals surface area contributed by atoms with Crippen LogP contribution >= 0.6 is 0 Å². The Morgan fingerprint density at radius 3 is 2.80 bits per heavy atom. The van der Waals surface area contributed by atoms with Crippen molar-refractivity contribution in [3.63, 3.8) is 0 Å². The van der Waals surface area contributed by atoms with Gasteiger partial charge in [0.1, 0.15) is 0 Å². The Bertz CT molecular complexity index is 856. The Kier molecular flexibility index (Phi) is 8.06. The van der Waals surface area contributed by atoms with Gasteiger partial charge in [-0.2, -0.15) is 0 Å². The summed E-state index contributed by atoms with van der Waals surface area (Å²) in [7, 11) is 0. The number of rotatable bonds is 10. The number of aromatic nitrogens is 1. The van der Waals surface area contributed by atoms with E-state index in [-0.39, 0.29) is 11.9 Å². The molecule has 7 nitrogen and oxygen atoms in total. The van der Waals surface area contributed by atoms with Gasteiger partial charge in [0.2, 0.25) is 11.8 Å². The number of amides is 3. The average Bonchev–Trinajstić information content (AvgIpc) is 3.16. The summed E-state index contributed by atoms with van der Waals surface area (Å²) in [6, 6.07) is 11.5. The standard InChI is InChI=1S/C23H30N4O3/c1-2-3-13-30-22-20(9-5-11-24-22)16-26-23(29)25-15-18-7-4-8-19(14-18)17-27-12-6-10-21(27)28/h4-5,7-9,11,14H,2-3,6,10,12-13,15-17H2,1H3,(H2,25,26,29). The molecule has 2 heterocycles. The van der Waals surface area contributed by atoms with Crippen LogP contribution in [-0.4, -0.2) is 35.0 Å². The van der Waals surface area contributed by atoms with Crippen LogP contribution < -0.4 is 15.4 Å². The lowest BCUT2D eigenvalue weighted by molar-refractivity contribution is -0.128. The molecule has 1 aliphatic heterocycles. The average molecular weight is 411 g/mol. The van der Waals surface area contributed by atoms with Gasteiger partial charge in [0.05, 0.1) is 6.61 Å². The lowest BCUT2D eigenvalue weighted by atomic mass is 10.1. The van der Waals surface area contributed by atoms with E-state index in [1.54, 1.807) is 6.20 Å². The zero-order valence-electron chi connectivity index (χ0n) is 17.5. The zero-order valence-corrected chi connectivity index (χ0v) is 17.5. The van der Waals surface area contributed by atoms with E-state index in [4.69, 9.17) is 4.74 Å². The highest BCUT2D eigenvalue weighted by atomic mass is 16.5. The minimum Gasteiger partial charge on any atom is -0.477 e. The second-order valence-corrected chi connectivity index (χ2v) is 7.44. The van der Waals surface area contributed by atoms with Crippen LogP contribution in [0.25, 0.3) is 0 Å². The van der Waals surface area contributed by atoms with Gasteiger partial charge in [-0.25, -0.2) is 9.78 Å². The number of hydrogen-bond acceptors (Lipinski definition) is 4. The maximum atomic E-state index is 12.2. The van der Waals surface area contributed by atoms with Crippen LogP contribution in [0.2, 0.25) is 0 Å². The monoisotopic (exact) mass is 410 g/mol. The highest BCUT2D eigenvalue weighted by molar-refractivity contribution is 5.78. The molecule has 0 saturated carbocycles. The Hall–Kier alpha value is -3.09. The van der Waals surface area contributed by atoms with Crippen LogP contribution in [0, 0.1) is 0 Å². The van der Waals surface area contributed by atoms with Crippen LogP contribution in [-0.2, 0) is 24.4 Å². The molecule has 2 N–H and O–H groups in total. The number of nitrogens with zero attached hydrogens (tertiary/aromatic N) is 2. The third-order valence-electron chi connectivity index (χ3n) is 5.02. The minimum absolute atomic E-state index is 0.214.